The summed E-state index contributed by atoms with van der Waals surface area (Å²) in [5.74, 6) is -1.35. The molecule has 0 aliphatic carbocycles. The first-order valence-electron chi connectivity index (χ1n) is 8.99. The van der Waals surface area contributed by atoms with Crippen LogP contribution >= 0.6 is 0 Å². The first-order chi connectivity index (χ1) is 13.9. The second kappa shape index (κ2) is 7.97. The summed E-state index contributed by atoms with van der Waals surface area (Å²) < 4.78 is 59.9. The molecule has 1 aromatic heterocycles. The van der Waals surface area contributed by atoms with Crippen molar-refractivity contribution in [3.05, 3.63) is 66.1 Å². The van der Waals surface area contributed by atoms with E-state index in [4.69, 9.17) is 4.42 Å². The molecular formula is C19H18F2N4O3S. The fourth-order valence-electron chi connectivity index (χ4n) is 3.19. The van der Waals surface area contributed by atoms with Crippen LogP contribution < -0.4 is 0 Å². The van der Waals surface area contributed by atoms with Gasteiger partial charge in [0.15, 0.2) is 4.90 Å². The number of nitrogens with zero attached hydrogens (tertiary/aromatic N) is 4. The summed E-state index contributed by atoms with van der Waals surface area (Å²) in [4.78, 5) is 1.05. The third kappa shape index (κ3) is 4.04. The van der Waals surface area contributed by atoms with E-state index in [2.05, 4.69) is 10.2 Å². The molecule has 10 heteroatoms. The quantitative estimate of drug-likeness (QED) is 0.631. The average molecular weight is 420 g/mol. The monoisotopic (exact) mass is 420 g/mol. The molecule has 4 rings (SSSR count). The van der Waals surface area contributed by atoms with Crippen LogP contribution in [0.5, 0.6) is 0 Å². The maximum atomic E-state index is 13.9. The van der Waals surface area contributed by atoms with Crippen molar-refractivity contribution >= 4 is 10.0 Å². The Hall–Kier alpha value is -2.69. The Bertz CT molecular complexity index is 1080. The van der Waals surface area contributed by atoms with Crippen molar-refractivity contribution in [1.82, 2.24) is 19.4 Å². The van der Waals surface area contributed by atoms with Crippen molar-refractivity contribution in [2.24, 2.45) is 0 Å². The van der Waals surface area contributed by atoms with Crippen molar-refractivity contribution < 1.29 is 21.6 Å². The first-order valence-corrected chi connectivity index (χ1v) is 10.4. The minimum absolute atomic E-state index is 0.107. The van der Waals surface area contributed by atoms with E-state index in [0.29, 0.717) is 31.4 Å². The van der Waals surface area contributed by atoms with Gasteiger partial charge in [-0.05, 0) is 24.3 Å². The fraction of sp³-hybridized carbons (Fsp3) is 0.263. The largest absolute Gasteiger partial charge is 0.419 e. The second-order valence-corrected chi connectivity index (χ2v) is 8.47. The summed E-state index contributed by atoms with van der Waals surface area (Å²) in [6, 6.07) is 12.4. The topological polar surface area (TPSA) is 79.5 Å². The molecule has 0 bridgehead atoms. The summed E-state index contributed by atoms with van der Waals surface area (Å²) in [5.41, 5.74) is 0.814. The van der Waals surface area contributed by atoms with Gasteiger partial charge in [0.25, 0.3) is 0 Å². The van der Waals surface area contributed by atoms with Crippen LogP contribution in [0.1, 0.15) is 5.89 Å². The van der Waals surface area contributed by atoms with E-state index < -0.39 is 26.6 Å². The molecule has 7 nitrogen and oxygen atoms in total. The molecule has 1 saturated heterocycles. The molecule has 0 spiro atoms. The molecule has 0 saturated carbocycles. The molecule has 0 unspecified atom stereocenters. The molecule has 2 heterocycles. The lowest BCUT2D eigenvalue weighted by atomic mass is 10.2. The van der Waals surface area contributed by atoms with Crippen molar-refractivity contribution in [3.63, 3.8) is 0 Å². The van der Waals surface area contributed by atoms with Gasteiger partial charge < -0.3 is 4.42 Å². The summed E-state index contributed by atoms with van der Waals surface area (Å²) in [5, 5.41) is 8.07. The molecular weight excluding hydrogens is 402 g/mol. The molecule has 3 aromatic rings. The van der Waals surface area contributed by atoms with Gasteiger partial charge in [0.1, 0.15) is 11.6 Å². The summed E-state index contributed by atoms with van der Waals surface area (Å²) in [6.45, 7) is 1.32. The second-order valence-electron chi connectivity index (χ2n) is 6.60. The zero-order valence-electron chi connectivity index (χ0n) is 15.3. The van der Waals surface area contributed by atoms with Gasteiger partial charge >= 0.3 is 0 Å². The van der Waals surface area contributed by atoms with E-state index in [-0.39, 0.29) is 13.1 Å². The van der Waals surface area contributed by atoms with Gasteiger partial charge in [0.2, 0.25) is 21.8 Å². The van der Waals surface area contributed by atoms with Crippen LogP contribution in [0.15, 0.2) is 57.8 Å². The van der Waals surface area contributed by atoms with Crippen molar-refractivity contribution in [1.29, 1.82) is 0 Å². The number of rotatable bonds is 5. The van der Waals surface area contributed by atoms with E-state index in [1.54, 1.807) is 0 Å². The highest BCUT2D eigenvalue weighted by molar-refractivity contribution is 7.89. The normalized spacial score (nSPS) is 16.2. The van der Waals surface area contributed by atoms with E-state index in [9.17, 15) is 17.2 Å². The lowest BCUT2D eigenvalue weighted by Gasteiger charge is -2.33. The molecule has 0 atom stereocenters. The third-order valence-corrected chi connectivity index (χ3v) is 6.65. The molecule has 0 amide bonds. The summed E-state index contributed by atoms with van der Waals surface area (Å²) in [7, 11) is -4.25. The van der Waals surface area contributed by atoms with Crippen LogP contribution in [0.25, 0.3) is 11.5 Å². The first kappa shape index (κ1) is 19.6. The number of halogens is 2. The Morgan fingerprint density at radius 3 is 2.21 bits per heavy atom. The number of hydrogen-bond acceptors (Lipinski definition) is 6. The van der Waals surface area contributed by atoms with Gasteiger partial charge in [0, 0.05) is 31.7 Å². The molecule has 0 N–H and O–H groups in total. The Morgan fingerprint density at radius 2 is 1.55 bits per heavy atom. The highest BCUT2D eigenvalue weighted by atomic mass is 32.2. The lowest BCUT2D eigenvalue weighted by Crippen LogP contribution is -2.48. The molecule has 152 valence electrons. The molecule has 1 fully saturated rings. The van der Waals surface area contributed by atoms with Crippen LogP contribution in [-0.2, 0) is 16.6 Å². The zero-order chi connectivity index (χ0) is 20.4. The van der Waals surface area contributed by atoms with Gasteiger partial charge in [-0.25, -0.2) is 17.2 Å². The average Bonchev–Trinajstić information content (AvgIpc) is 3.17. The van der Waals surface area contributed by atoms with Crippen LogP contribution in [0.3, 0.4) is 0 Å². The van der Waals surface area contributed by atoms with Crippen molar-refractivity contribution in [2.75, 3.05) is 26.2 Å². The Morgan fingerprint density at radius 1 is 0.897 bits per heavy atom. The predicted octanol–water partition coefficient (Wildman–Crippen LogP) is 2.52. The van der Waals surface area contributed by atoms with E-state index >= 15 is 0 Å². The molecule has 2 aromatic carbocycles. The summed E-state index contributed by atoms with van der Waals surface area (Å²) in [6.07, 6.45) is 0. The van der Waals surface area contributed by atoms with Crippen molar-refractivity contribution in [3.8, 4) is 11.5 Å². The molecule has 29 heavy (non-hydrogen) atoms. The minimum Gasteiger partial charge on any atom is -0.419 e. The van der Waals surface area contributed by atoms with E-state index in [1.807, 2.05) is 35.2 Å². The maximum Gasteiger partial charge on any atom is 0.249 e. The third-order valence-electron chi connectivity index (χ3n) is 4.69. The molecule has 1 aliphatic rings. The fourth-order valence-corrected chi connectivity index (χ4v) is 4.72. The van der Waals surface area contributed by atoms with Gasteiger partial charge in [-0.3, -0.25) is 4.90 Å². The smallest absolute Gasteiger partial charge is 0.249 e. The number of benzene rings is 2. The van der Waals surface area contributed by atoms with Gasteiger partial charge in [-0.15, -0.1) is 10.2 Å². The Labute approximate surface area is 166 Å². The lowest BCUT2D eigenvalue weighted by molar-refractivity contribution is 0.168. The number of aromatic nitrogens is 2. The Balaban J connectivity index is 1.41. The summed E-state index contributed by atoms with van der Waals surface area (Å²) >= 11 is 0. The molecule has 0 radical (unpaired) electrons. The number of sulfonamides is 1. The Kier molecular flexibility index (Phi) is 5.39. The van der Waals surface area contributed by atoms with Gasteiger partial charge in [-0.2, -0.15) is 4.31 Å². The number of hydrogen-bond donors (Lipinski definition) is 0. The molecule has 1 aliphatic heterocycles. The van der Waals surface area contributed by atoms with Crippen LogP contribution in [0.4, 0.5) is 8.78 Å². The van der Waals surface area contributed by atoms with Gasteiger partial charge in [-0.1, -0.05) is 24.3 Å². The van der Waals surface area contributed by atoms with Gasteiger partial charge in [0.05, 0.1) is 6.54 Å². The van der Waals surface area contributed by atoms with Crippen LogP contribution in [-0.4, -0.2) is 54.0 Å². The number of piperazine rings is 1. The maximum absolute atomic E-state index is 13.9. The predicted molar refractivity (Wildman–Crippen MR) is 100 cm³/mol. The van der Waals surface area contributed by atoms with Crippen LogP contribution in [0.2, 0.25) is 0 Å². The highest BCUT2D eigenvalue weighted by Gasteiger charge is 2.33. The van der Waals surface area contributed by atoms with Crippen LogP contribution in [0, 0.1) is 11.6 Å². The van der Waals surface area contributed by atoms with Crippen molar-refractivity contribution in [2.45, 2.75) is 11.4 Å². The van der Waals surface area contributed by atoms with E-state index in [0.717, 1.165) is 28.1 Å². The SMILES string of the molecule is O=S(=O)(c1c(F)cccc1F)N1CCN(Cc2nnc(-c3ccccc3)o2)CC1. The minimum atomic E-state index is -4.25. The van der Waals surface area contributed by atoms with E-state index in [1.165, 1.54) is 0 Å². The standard InChI is InChI=1S/C19H18F2N4O3S/c20-15-7-4-8-16(21)18(15)29(26,27)25-11-9-24(10-12-25)13-17-22-23-19(28-17)14-5-2-1-3-6-14/h1-8H,9-13H2. The highest BCUT2D eigenvalue weighted by Crippen LogP contribution is 2.24. The zero-order valence-corrected chi connectivity index (χ0v) is 16.1.